The number of anilines is 1. The van der Waals surface area contributed by atoms with Gasteiger partial charge in [0.15, 0.2) is 5.83 Å². The zero-order valence-electron chi connectivity index (χ0n) is 8.33. The van der Waals surface area contributed by atoms with Crippen molar-refractivity contribution in [2.24, 2.45) is 5.84 Å². The zero-order chi connectivity index (χ0) is 11.3. The molecule has 1 aromatic heterocycles. The van der Waals surface area contributed by atoms with E-state index in [4.69, 9.17) is 10.6 Å². The number of hydrazine groups is 1. The quantitative estimate of drug-likeness (QED) is 0.345. The van der Waals surface area contributed by atoms with Gasteiger partial charge >= 0.3 is 0 Å². The van der Waals surface area contributed by atoms with Crippen LogP contribution in [-0.2, 0) is 0 Å². The van der Waals surface area contributed by atoms with Gasteiger partial charge in [0.05, 0.1) is 11.9 Å². The average Bonchev–Trinajstić information content (AvgIpc) is 2.26. The fourth-order valence-corrected chi connectivity index (χ4v) is 0.911. The highest BCUT2D eigenvalue weighted by Gasteiger charge is 2.00. The Morgan fingerprint density at radius 1 is 1.73 bits per heavy atom. The number of pyridine rings is 1. The van der Waals surface area contributed by atoms with E-state index in [1.54, 1.807) is 6.07 Å². The first-order valence-corrected chi connectivity index (χ1v) is 4.25. The van der Waals surface area contributed by atoms with Crippen LogP contribution in [0.1, 0.15) is 5.56 Å². The van der Waals surface area contributed by atoms with Crippen molar-refractivity contribution in [3.8, 4) is 5.88 Å². The number of aromatic nitrogens is 1. The second-order valence-corrected chi connectivity index (χ2v) is 2.81. The van der Waals surface area contributed by atoms with Gasteiger partial charge in [-0.15, -0.1) is 0 Å². The van der Waals surface area contributed by atoms with Crippen molar-refractivity contribution in [3.63, 3.8) is 0 Å². The van der Waals surface area contributed by atoms with E-state index >= 15 is 0 Å². The summed E-state index contributed by atoms with van der Waals surface area (Å²) >= 11 is 0. The number of nitrogen functional groups attached to an aromatic ring is 1. The molecule has 0 bridgehead atoms. The molecule has 0 aromatic carbocycles. The van der Waals surface area contributed by atoms with E-state index in [0.717, 1.165) is 17.9 Å². The van der Waals surface area contributed by atoms with Crippen LogP contribution >= 0.6 is 0 Å². The summed E-state index contributed by atoms with van der Waals surface area (Å²) in [4.78, 5) is 3.91. The van der Waals surface area contributed by atoms with E-state index < -0.39 is 5.83 Å². The SMILES string of the molecule is C=C/C(F)=C/Oc1cc(C)c(NN)cn1. The number of rotatable bonds is 4. The number of nitrogens with two attached hydrogens (primary N) is 1. The van der Waals surface area contributed by atoms with Crippen molar-refractivity contribution in [3.05, 3.63) is 42.6 Å². The highest BCUT2D eigenvalue weighted by molar-refractivity contribution is 5.49. The van der Waals surface area contributed by atoms with Gasteiger partial charge in [-0.2, -0.15) is 0 Å². The van der Waals surface area contributed by atoms with Crippen LogP contribution in [0.3, 0.4) is 0 Å². The molecule has 0 aliphatic rings. The summed E-state index contributed by atoms with van der Waals surface area (Å²) < 4.78 is 17.6. The van der Waals surface area contributed by atoms with Crippen molar-refractivity contribution in [2.75, 3.05) is 5.43 Å². The number of aryl methyl sites for hydroxylation is 1. The Kier molecular flexibility index (Phi) is 3.82. The summed E-state index contributed by atoms with van der Waals surface area (Å²) in [5.41, 5.74) is 4.02. The summed E-state index contributed by atoms with van der Waals surface area (Å²) in [5.74, 6) is 4.96. The third kappa shape index (κ3) is 3.07. The molecule has 1 aromatic rings. The minimum Gasteiger partial charge on any atom is -0.444 e. The smallest absolute Gasteiger partial charge is 0.218 e. The Balaban J connectivity index is 2.80. The Bertz CT molecular complexity index is 390. The molecule has 1 rings (SSSR count). The second-order valence-electron chi connectivity index (χ2n) is 2.81. The van der Waals surface area contributed by atoms with Crippen LogP contribution in [0.5, 0.6) is 5.88 Å². The third-order valence-electron chi connectivity index (χ3n) is 1.73. The molecule has 0 saturated heterocycles. The van der Waals surface area contributed by atoms with Crippen molar-refractivity contribution in [2.45, 2.75) is 6.92 Å². The van der Waals surface area contributed by atoms with Gasteiger partial charge in [-0.3, -0.25) is 5.84 Å². The molecule has 0 radical (unpaired) electrons. The fourth-order valence-electron chi connectivity index (χ4n) is 0.911. The fraction of sp³-hybridized carbons (Fsp3) is 0.100. The molecule has 0 amide bonds. The number of hydrogen-bond acceptors (Lipinski definition) is 4. The van der Waals surface area contributed by atoms with Crippen LogP contribution in [0.4, 0.5) is 10.1 Å². The topological polar surface area (TPSA) is 60.2 Å². The first kappa shape index (κ1) is 11.2. The molecule has 0 fully saturated rings. The largest absolute Gasteiger partial charge is 0.444 e. The minimum absolute atomic E-state index is 0.295. The van der Waals surface area contributed by atoms with Gasteiger partial charge in [-0.25, -0.2) is 9.37 Å². The summed E-state index contributed by atoms with van der Waals surface area (Å²) in [5, 5.41) is 0. The Morgan fingerprint density at radius 2 is 2.47 bits per heavy atom. The molecule has 0 unspecified atom stereocenters. The molecule has 80 valence electrons. The standard InChI is InChI=1S/C10H12FN3O/c1-3-8(11)6-15-10-4-7(2)9(14-12)5-13-10/h3-6,14H,1,12H2,2H3/b8-6-. The van der Waals surface area contributed by atoms with E-state index in [-0.39, 0.29) is 0 Å². The molecule has 0 spiro atoms. The summed E-state index contributed by atoms with van der Waals surface area (Å²) in [7, 11) is 0. The predicted octanol–water partition coefficient (Wildman–Crippen LogP) is 2.05. The molecule has 0 saturated carbocycles. The molecule has 0 aliphatic carbocycles. The second kappa shape index (κ2) is 5.11. The normalized spacial score (nSPS) is 11.0. The predicted molar refractivity (Wildman–Crippen MR) is 56.8 cm³/mol. The number of halogens is 1. The molecular weight excluding hydrogens is 197 g/mol. The Hall–Kier alpha value is -1.88. The maximum atomic E-state index is 12.6. The van der Waals surface area contributed by atoms with Crippen LogP contribution in [0.25, 0.3) is 0 Å². The molecule has 0 aliphatic heterocycles. The third-order valence-corrected chi connectivity index (χ3v) is 1.73. The van der Waals surface area contributed by atoms with Crippen molar-refractivity contribution in [1.82, 2.24) is 4.98 Å². The van der Waals surface area contributed by atoms with Crippen molar-refractivity contribution < 1.29 is 9.13 Å². The van der Waals surface area contributed by atoms with E-state index in [2.05, 4.69) is 17.0 Å². The molecular formula is C10H12FN3O. The monoisotopic (exact) mass is 209 g/mol. The number of allylic oxidation sites excluding steroid dienone is 2. The number of hydrogen-bond donors (Lipinski definition) is 2. The average molecular weight is 209 g/mol. The van der Waals surface area contributed by atoms with Gasteiger partial charge < -0.3 is 10.2 Å². The van der Waals surface area contributed by atoms with Crippen LogP contribution < -0.4 is 16.0 Å². The molecule has 0 atom stereocenters. The molecule has 4 nitrogen and oxygen atoms in total. The van der Waals surface area contributed by atoms with Gasteiger partial charge in [-0.1, -0.05) is 6.58 Å². The lowest BCUT2D eigenvalue weighted by molar-refractivity contribution is 0.439. The lowest BCUT2D eigenvalue weighted by Crippen LogP contribution is -2.08. The van der Waals surface area contributed by atoms with E-state index in [1.807, 2.05) is 6.92 Å². The minimum atomic E-state index is -0.560. The number of ether oxygens (including phenoxy) is 1. The maximum Gasteiger partial charge on any atom is 0.218 e. The van der Waals surface area contributed by atoms with Gasteiger partial charge in [0.2, 0.25) is 5.88 Å². The summed E-state index contributed by atoms with van der Waals surface area (Å²) in [6.07, 6.45) is 3.48. The van der Waals surface area contributed by atoms with Crippen LogP contribution in [-0.4, -0.2) is 4.98 Å². The number of nitrogens with one attached hydrogen (secondary N) is 1. The van der Waals surface area contributed by atoms with E-state index in [0.29, 0.717) is 11.6 Å². The first-order valence-electron chi connectivity index (χ1n) is 4.25. The van der Waals surface area contributed by atoms with Crippen LogP contribution in [0.15, 0.2) is 37.0 Å². The zero-order valence-corrected chi connectivity index (χ0v) is 8.33. The highest BCUT2D eigenvalue weighted by Crippen LogP contribution is 2.17. The lowest BCUT2D eigenvalue weighted by Gasteiger charge is -2.05. The van der Waals surface area contributed by atoms with Gasteiger partial charge in [0.1, 0.15) is 6.26 Å². The van der Waals surface area contributed by atoms with Gasteiger partial charge in [-0.05, 0) is 18.6 Å². The highest BCUT2D eigenvalue weighted by atomic mass is 19.1. The Morgan fingerprint density at radius 3 is 3.00 bits per heavy atom. The Labute approximate surface area is 87.2 Å². The molecule has 1 heterocycles. The molecule has 3 N–H and O–H groups in total. The van der Waals surface area contributed by atoms with E-state index in [9.17, 15) is 4.39 Å². The number of nitrogens with zero attached hydrogens (tertiary/aromatic N) is 1. The summed E-state index contributed by atoms with van der Waals surface area (Å²) in [6, 6.07) is 1.64. The first-order chi connectivity index (χ1) is 7.17. The molecule has 15 heavy (non-hydrogen) atoms. The lowest BCUT2D eigenvalue weighted by atomic mass is 10.2. The summed E-state index contributed by atoms with van der Waals surface area (Å²) in [6.45, 7) is 5.08. The molecule has 5 heteroatoms. The van der Waals surface area contributed by atoms with Gasteiger partial charge in [0, 0.05) is 6.07 Å². The van der Waals surface area contributed by atoms with Crippen molar-refractivity contribution in [1.29, 1.82) is 0 Å². The van der Waals surface area contributed by atoms with E-state index in [1.165, 1.54) is 6.20 Å². The maximum absolute atomic E-state index is 12.6. The van der Waals surface area contributed by atoms with Crippen LogP contribution in [0.2, 0.25) is 0 Å². The van der Waals surface area contributed by atoms with Gasteiger partial charge in [0.25, 0.3) is 0 Å². The van der Waals surface area contributed by atoms with Crippen LogP contribution in [0, 0.1) is 6.92 Å². The van der Waals surface area contributed by atoms with Crippen molar-refractivity contribution >= 4 is 5.69 Å².